The van der Waals surface area contributed by atoms with Crippen LogP contribution in [0.15, 0.2) is 6.07 Å². The fourth-order valence-electron chi connectivity index (χ4n) is 1.20. The number of fused-ring (bicyclic) bond motifs is 1. The third-order valence-electron chi connectivity index (χ3n) is 1.81. The summed E-state index contributed by atoms with van der Waals surface area (Å²) >= 11 is 0. The standard InChI is InChI=1S/C8H8N4O3/c1-4-9-8-10-5(7(13)14)3-6(15-2)12(8)11-4/h3H,1-2H3,(H,13,14). The Morgan fingerprint density at radius 1 is 1.53 bits per heavy atom. The van der Waals surface area contributed by atoms with Crippen LogP contribution in [0.4, 0.5) is 0 Å². The van der Waals surface area contributed by atoms with Gasteiger partial charge in [-0.25, -0.2) is 9.78 Å². The van der Waals surface area contributed by atoms with Crippen LogP contribution in [0.25, 0.3) is 5.78 Å². The molecule has 0 aromatic carbocycles. The van der Waals surface area contributed by atoms with Gasteiger partial charge in [0.15, 0.2) is 5.69 Å². The summed E-state index contributed by atoms with van der Waals surface area (Å²) in [7, 11) is 1.43. The highest BCUT2D eigenvalue weighted by Crippen LogP contribution is 2.13. The van der Waals surface area contributed by atoms with Gasteiger partial charge in [-0.05, 0) is 6.92 Å². The summed E-state index contributed by atoms with van der Waals surface area (Å²) in [6.45, 7) is 1.69. The summed E-state index contributed by atoms with van der Waals surface area (Å²) in [6.07, 6.45) is 0. The van der Waals surface area contributed by atoms with E-state index >= 15 is 0 Å². The molecule has 15 heavy (non-hydrogen) atoms. The molecule has 1 N–H and O–H groups in total. The van der Waals surface area contributed by atoms with Crippen molar-refractivity contribution in [3.8, 4) is 5.88 Å². The molecule has 78 valence electrons. The van der Waals surface area contributed by atoms with Gasteiger partial charge < -0.3 is 9.84 Å². The van der Waals surface area contributed by atoms with Crippen molar-refractivity contribution in [1.29, 1.82) is 0 Å². The average molecular weight is 208 g/mol. The van der Waals surface area contributed by atoms with Gasteiger partial charge in [-0.15, -0.1) is 5.10 Å². The second kappa shape index (κ2) is 3.19. The molecule has 7 heteroatoms. The Morgan fingerprint density at radius 2 is 2.27 bits per heavy atom. The van der Waals surface area contributed by atoms with E-state index in [1.165, 1.54) is 17.7 Å². The quantitative estimate of drug-likeness (QED) is 0.754. The molecule has 0 aliphatic carbocycles. The average Bonchev–Trinajstić information content (AvgIpc) is 2.56. The first-order valence-corrected chi connectivity index (χ1v) is 4.13. The minimum absolute atomic E-state index is 0.119. The molecule has 2 aromatic heterocycles. The van der Waals surface area contributed by atoms with Gasteiger partial charge in [-0.1, -0.05) is 0 Å². The van der Waals surface area contributed by atoms with Crippen LogP contribution in [0, 0.1) is 6.92 Å². The number of aromatic carboxylic acids is 1. The van der Waals surface area contributed by atoms with Crippen LogP contribution >= 0.6 is 0 Å². The van der Waals surface area contributed by atoms with Crippen LogP contribution in [0.5, 0.6) is 5.88 Å². The lowest BCUT2D eigenvalue weighted by Crippen LogP contribution is -2.05. The molecule has 7 nitrogen and oxygen atoms in total. The number of ether oxygens (including phenoxy) is 1. The number of carboxylic acids is 1. The third kappa shape index (κ3) is 1.47. The molecular weight excluding hydrogens is 200 g/mol. The molecule has 0 spiro atoms. The molecule has 0 saturated heterocycles. The lowest BCUT2D eigenvalue weighted by atomic mass is 10.4. The van der Waals surface area contributed by atoms with E-state index in [2.05, 4.69) is 15.1 Å². The molecule has 2 heterocycles. The molecule has 0 aliphatic heterocycles. The van der Waals surface area contributed by atoms with Crippen LogP contribution < -0.4 is 4.74 Å². The topological polar surface area (TPSA) is 89.6 Å². The number of nitrogens with zero attached hydrogens (tertiary/aromatic N) is 4. The molecule has 0 fully saturated rings. The van der Waals surface area contributed by atoms with Crippen molar-refractivity contribution >= 4 is 11.7 Å². The first-order valence-electron chi connectivity index (χ1n) is 4.13. The Labute approximate surface area is 84.3 Å². The van der Waals surface area contributed by atoms with Gasteiger partial charge in [-0.3, -0.25) is 0 Å². The first kappa shape index (κ1) is 9.38. The lowest BCUT2D eigenvalue weighted by Gasteiger charge is -2.02. The summed E-state index contributed by atoms with van der Waals surface area (Å²) in [4.78, 5) is 18.5. The zero-order valence-electron chi connectivity index (χ0n) is 8.13. The maximum absolute atomic E-state index is 10.7. The minimum Gasteiger partial charge on any atom is -0.481 e. The normalized spacial score (nSPS) is 10.5. The maximum atomic E-state index is 10.7. The second-order valence-electron chi connectivity index (χ2n) is 2.86. The SMILES string of the molecule is COc1cc(C(=O)O)nc2nc(C)nn12. The Kier molecular flexibility index (Phi) is 2.00. The molecule has 0 saturated carbocycles. The Balaban J connectivity index is 2.76. The van der Waals surface area contributed by atoms with Gasteiger partial charge in [0.25, 0.3) is 5.78 Å². The monoisotopic (exact) mass is 208 g/mol. The zero-order valence-corrected chi connectivity index (χ0v) is 8.13. The largest absolute Gasteiger partial charge is 0.481 e. The predicted octanol–water partition coefficient (Wildman–Crippen LogP) is 0.140. The van der Waals surface area contributed by atoms with Crippen molar-refractivity contribution in [2.45, 2.75) is 6.92 Å². The Hall–Kier alpha value is -2.18. The molecule has 0 unspecified atom stereocenters. The van der Waals surface area contributed by atoms with E-state index in [0.717, 1.165) is 0 Å². The van der Waals surface area contributed by atoms with Crippen LogP contribution in [0.2, 0.25) is 0 Å². The zero-order chi connectivity index (χ0) is 11.0. The van der Waals surface area contributed by atoms with Crippen molar-refractivity contribution in [3.63, 3.8) is 0 Å². The van der Waals surface area contributed by atoms with Gasteiger partial charge in [0.2, 0.25) is 5.88 Å². The molecule has 0 radical (unpaired) electrons. The van der Waals surface area contributed by atoms with Gasteiger partial charge in [-0.2, -0.15) is 9.50 Å². The summed E-state index contributed by atoms with van der Waals surface area (Å²) in [5, 5.41) is 12.8. The van der Waals surface area contributed by atoms with Crippen molar-refractivity contribution in [3.05, 3.63) is 17.6 Å². The van der Waals surface area contributed by atoms with Gasteiger partial charge in [0.1, 0.15) is 5.82 Å². The summed E-state index contributed by atoms with van der Waals surface area (Å²) in [6, 6.07) is 1.30. The number of carbonyl (C=O) groups is 1. The Morgan fingerprint density at radius 3 is 2.87 bits per heavy atom. The van der Waals surface area contributed by atoms with E-state index in [0.29, 0.717) is 5.82 Å². The van der Waals surface area contributed by atoms with E-state index in [9.17, 15) is 4.79 Å². The highest BCUT2D eigenvalue weighted by molar-refractivity contribution is 5.86. The molecule has 2 aromatic rings. The van der Waals surface area contributed by atoms with Crippen LogP contribution in [-0.4, -0.2) is 37.8 Å². The molecule has 2 rings (SSSR count). The van der Waals surface area contributed by atoms with Gasteiger partial charge in [0, 0.05) is 6.07 Å². The third-order valence-corrected chi connectivity index (χ3v) is 1.81. The van der Waals surface area contributed by atoms with Gasteiger partial charge in [0.05, 0.1) is 7.11 Å². The van der Waals surface area contributed by atoms with E-state index in [4.69, 9.17) is 9.84 Å². The van der Waals surface area contributed by atoms with Crippen LogP contribution in [-0.2, 0) is 0 Å². The van der Waals surface area contributed by atoms with Crippen molar-refractivity contribution < 1.29 is 14.6 Å². The molecule has 0 amide bonds. The fraction of sp³-hybridized carbons (Fsp3) is 0.250. The second-order valence-corrected chi connectivity index (χ2v) is 2.86. The van der Waals surface area contributed by atoms with Crippen molar-refractivity contribution in [2.24, 2.45) is 0 Å². The maximum Gasteiger partial charge on any atom is 0.354 e. The first-order chi connectivity index (χ1) is 7.11. The van der Waals surface area contributed by atoms with Crippen LogP contribution in [0.1, 0.15) is 16.3 Å². The minimum atomic E-state index is -1.13. The molecule has 0 bridgehead atoms. The van der Waals surface area contributed by atoms with Crippen LogP contribution in [0.3, 0.4) is 0 Å². The van der Waals surface area contributed by atoms with Gasteiger partial charge >= 0.3 is 5.97 Å². The van der Waals surface area contributed by atoms with E-state index in [1.54, 1.807) is 6.92 Å². The number of methoxy groups -OCH3 is 1. The van der Waals surface area contributed by atoms with E-state index in [-0.39, 0.29) is 17.4 Å². The number of rotatable bonds is 2. The molecule has 0 aliphatic rings. The number of carboxylic acid groups (broad SMARTS) is 1. The summed E-state index contributed by atoms with van der Waals surface area (Å²) < 4.78 is 6.34. The smallest absolute Gasteiger partial charge is 0.354 e. The fourth-order valence-corrected chi connectivity index (χ4v) is 1.20. The highest BCUT2D eigenvalue weighted by atomic mass is 16.5. The van der Waals surface area contributed by atoms with E-state index in [1.807, 2.05) is 0 Å². The molecular formula is C8H8N4O3. The lowest BCUT2D eigenvalue weighted by molar-refractivity contribution is 0.0690. The highest BCUT2D eigenvalue weighted by Gasteiger charge is 2.13. The van der Waals surface area contributed by atoms with E-state index < -0.39 is 5.97 Å². The number of aryl methyl sites for hydroxylation is 1. The molecule has 0 atom stereocenters. The number of aromatic nitrogens is 4. The number of hydrogen-bond donors (Lipinski definition) is 1. The Bertz CT molecular complexity index is 534. The van der Waals surface area contributed by atoms with Crippen molar-refractivity contribution in [2.75, 3.05) is 7.11 Å². The summed E-state index contributed by atoms with van der Waals surface area (Å²) in [5.41, 5.74) is -0.119. The van der Waals surface area contributed by atoms with Crippen molar-refractivity contribution in [1.82, 2.24) is 19.6 Å². The predicted molar refractivity (Wildman–Crippen MR) is 49.0 cm³/mol. The summed E-state index contributed by atoms with van der Waals surface area (Å²) in [5.74, 6) is -0.123. The number of hydrogen-bond acceptors (Lipinski definition) is 5.